The molecule has 0 bridgehead atoms. The molecule has 0 saturated heterocycles. The molecule has 0 aliphatic rings. The first kappa shape index (κ1) is 16.1. The summed E-state index contributed by atoms with van der Waals surface area (Å²) in [6.07, 6.45) is 0.0467. The van der Waals surface area contributed by atoms with Gasteiger partial charge in [0.1, 0.15) is 5.82 Å². The smallest absolute Gasteiger partial charge is 0.123 e. The number of halogens is 1. The zero-order chi connectivity index (χ0) is 14.4. The van der Waals surface area contributed by atoms with Crippen molar-refractivity contribution in [1.82, 2.24) is 5.32 Å². The highest BCUT2D eigenvalue weighted by molar-refractivity contribution is 5.30. The second kappa shape index (κ2) is 7.61. The van der Waals surface area contributed by atoms with Gasteiger partial charge in [0.15, 0.2) is 0 Å². The van der Waals surface area contributed by atoms with Gasteiger partial charge in [0.2, 0.25) is 0 Å². The molecule has 0 radical (unpaired) electrons. The van der Waals surface area contributed by atoms with Crippen LogP contribution in [0, 0.1) is 18.7 Å². The summed E-state index contributed by atoms with van der Waals surface area (Å²) in [6.45, 7) is 11.8. The van der Waals surface area contributed by atoms with Gasteiger partial charge in [0.25, 0.3) is 0 Å². The van der Waals surface area contributed by atoms with E-state index in [0.717, 1.165) is 17.7 Å². The lowest BCUT2D eigenvalue weighted by Crippen LogP contribution is -2.37. The van der Waals surface area contributed by atoms with Crippen LogP contribution in [0.2, 0.25) is 0 Å². The maximum Gasteiger partial charge on any atom is 0.123 e. The van der Waals surface area contributed by atoms with Gasteiger partial charge in [-0.1, -0.05) is 26.8 Å². The fourth-order valence-electron chi connectivity index (χ4n) is 2.44. The van der Waals surface area contributed by atoms with Crippen molar-refractivity contribution in [2.24, 2.45) is 5.92 Å². The fourth-order valence-corrected chi connectivity index (χ4v) is 2.44. The van der Waals surface area contributed by atoms with E-state index in [1.165, 1.54) is 6.07 Å². The minimum Gasteiger partial charge on any atom is -0.376 e. The highest BCUT2D eigenvalue weighted by atomic mass is 19.1. The summed E-state index contributed by atoms with van der Waals surface area (Å²) in [7, 11) is 0. The average Bonchev–Trinajstić information content (AvgIpc) is 2.36. The molecule has 1 N–H and O–H groups in total. The maximum absolute atomic E-state index is 13.5. The minimum atomic E-state index is -0.192. The molecule has 1 aromatic carbocycles. The third-order valence-electron chi connectivity index (χ3n) is 3.35. The Morgan fingerprint density at radius 1 is 1.26 bits per heavy atom. The number of benzene rings is 1. The number of nitrogens with one attached hydrogen (secondary N) is 1. The van der Waals surface area contributed by atoms with Crippen LogP contribution < -0.4 is 5.32 Å². The van der Waals surface area contributed by atoms with Crippen LogP contribution >= 0.6 is 0 Å². The van der Waals surface area contributed by atoms with E-state index in [2.05, 4.69) is 26.1 Å². The van der Waals surface area contributed by atoms with Gasteiger partial charge >= 0.3 is 0 Å². The van der Waals surface area contributed by atoms with Gasteiger partial charge in [0, 0.05) is 6.61 Å². The summed E-state index contributed by atoms with van der Waals surface area (Å²) in [5.74, 6) is 0.175. The molecule has 2 atom stereocenters. The second-order valence-electron chi connectivity index (χ2n) is 5.20. The number of aryl methyl sites for hydroxylation is 1. The average molecular weight is 267 g/mol. The Hall–Kier alpha value is -0.930. The van der Waals surface area contributed by atoms with Gasteiger partial charge in [-0.3, -0.25) is 0 Å². The lowest BCUT2D eigenvalue weighted by molar-refractivity contribution is 0.00297. The van der Waals surface area contributed by atoms with Crippen molar-refractivity contribution < 1.29 is 9.13 Å². The standard InChI is InChI=1S/C16H26FNO/c1-6-18-15(16(11(3)4)19-7-2)14-10-13(17)9-8-12(14)5/h8-11,15-16,18H,6-7H2,1-5H3. The molecule has 1 aromatic rings. The van der Waals surface area contributed by atoms with Gasteiger partial charge in [-0.25, -0.2) is 4.39 Å². The van der Waals surface area contributed by atoms with Crippen molar-refractivity contribution in [2.45, 2.75) is 46.8 Å². The van der Waals surface area contributed by atoms with Gasteiger partial charge in [0.05, 0.1) is 12.1 Å². The van der Waals surface area contributed by atoms with Crippen LogP contribution in [0.25, 0.3) is 0 Å². The third kappa shape index (κ3) is 4.29. The molecule has 0 heterocycles. The highest BCUT2D eigenvalue weighted by Gasteiger charge is 2.27. The van der Waals surface area contributed by atoms with Crippen molar-refractivity contribution in [3.8, 4) is 0 Å². The summed E-state index contributed by atoms with van der Waals surface area (Å²) in [5.41, 5.74) is 2.09. The van der Waals surface area contributed by atoms with Gasteiger partial charge in [-0.15, -0.1) is 0 Å². The Kier molecular flexibility index (Phi) is 6.46. The molecule has 3 heteroatoms. The van der Waals surface area contributed by atoms with Crippen molar-refractivity contribution >= 4 is 0 Å². The molecule has 108 valence electrons. The van der Waals surface area contributed by atoms with E-state index in [0.29, 0.717) is 12.5 Å². The Morgan fingerprint density at radius 2 is 1.95 bits per heavy atom. The molecule has 0 aliphatic carbocycles. The summed E-state index contributed by atoms with van der Waals surface area (Å²) < 4.78 is 19.4. The quantitative estimate of drug-likeness (QED) is 0.810. The summed E-state index contributed by atoms with van der Waals surface area (Å²) in [5, 5.41) is 3.44. The van der Waals surface area contributed by atoms with Crippen molar-refractivity contribution in [1.29, 1.82) is 0 Å². The molecule has 2 nitrogen and oxygen atoms in total. The van der Waals surface area contributed by atoms with Gasteiger partial charge in [-0.2, -0.15) is 0 Å². The van der Waals surface area contributed by atoms with E-state index < -0.39 is 0 Å². The van der Waals surface area contributed by atoms with E-state index >= 15 is 0 Å². The topological polar surface area (TPSA) is 21.3 Å². The van der Waals surface area contributed by atoms with E-state index in [-0.39, 0.29) is 18.0 Å². The van der Waals surface area contributed by atoms with Crippen molar-refractivity contribution in [3.05, 3.63) is 35.1 Å². The minimum absolute atomic E-state index is 0.0284. The first-order valence-electron chi connectivity index (χ1n) is 7.12. The molecule has 0 aromatic heterocycles. The third-order valence-corrected chi connectivity index (χ3v) is 3.35. The molecular weight excluding hydrogens is 241 g/mol. The number of ether oxygens (including phenoxy) is 1. The fraction of sp³-hybridized carbons (Fsp3) is 0.625. The van der Waals surface area contributed by atoms with Crippen molar-refractivity contribution in [2.75, 3.05) is 13.2 Å². The summed E-state index contributed by atoms with van der Waals surface area (Å²) in [6, 6.07) is 4.99. The van der Waals surface area contributed by atoms with Crippen LogP contribution in [0.4, 0.5) is 4.39 Å². The Balaban J connectivity index is 3.13. The highest BCUT2D eigenvalue weighted by Crippen LogP contribution is 2.27. The molecule has 0 fully saturated rings. The molecule has 0 saturated carbocycles. The summed E-state index contributed by atoms with van der Waals surface area (Å²) in [4.78, 5) is 0. The monoisotopic (exact) mass is 267 g/mol. The predicted molar refractivity (Wildman–Crippen MR) is 77.8 cm³/mol. The number of hydrogen-bond acceptors (Lipinski definition) is 2. The maximum atomic E-state index is 13.5. The number of rotatable bonds is 7. The number of likely N-dealkylation sites (N-methyl/N-ethyl adjacent to an activating group) is 1. The van der Waals surface area contributed by atoms with E-state index in [1.54, 1.807) is 6.07 Å². The largest absolute Gasteiger partial charge is 0.376 e. The zero-order valence-corrected chi connectivity index (χ0v) is 12.7. The molecule has 2 unspecified atom stereocenters. The van der Waals surface area contributed by atoms with Crippen LogP contribution in [-0.4, -0.2) is 19.3 Å². The molecule has 0 amide bonds. The molecular formula is C16H26FNO. The SMILES string of the molecule is CCNC(c1cc(F)ccc1C)C(OCC)C(C)C. The van der Waals surface area contributed by atoms with Crippen LogP contribution in [0.5, 0.6) is 0 Å². The van der Waals surface area contributed by atoms with Crippen LogP contribution in [-0.2, 0) is 4.74 Å². The summed E-state index contributed by atoms with van der Waals surface area (Å²) >= 11 is 0. The molecule has 1 rings (SSSR count). The second-order valence-corrected chi connectivity index (χ2v) is 5.20. The predicted octanol–water partition coefficient (Wildman–Crippen LogP) is 3.85. The normalized spacial score (nSPS) is 14.7. The molecule has 0 spiro atoms. The Labute approximate surface area is 116 Å². The Morgan fingerprint density at radius 3 is 2.47 bits per heavy atom. The van der Waals surface area contributed by atoms with Crippen LogP contribution in [0.15, 0.2) is 18.2 Å². The molecule has 0 aliphatic heterocycles. The Bertz CT molecular complexity index is 392. The lowest BCUT2D eigenvalue weighted by Gasteiger charge is -2.32. The first-order valence-corrected chi connectivity index (χ1v) is 7.12. The number of hydrogen-bond donors (Lipinski definition) is 1. The van der Waals surface area contributed by atoms with E-state index in [4.69, 9.17) is 4.74 Å². The van der Waals surface area contributed by atoms with Gasteiger partial charge < -0.3 is 10.1 Å². The first-order chi connectivity index (χ1) is 9.01. The van der Waals surface area contributed by atoms with Gasteiger partial charge in [-0.05, 0) is 49.6 Å². The zero-order valence-electron chi connectivity index (χ0n) is 12.7. The molecule has 19 heavy (non-hydrogen) atoms. The lowest BCUT2D eigenvalue weighted by atomic mass is 9.90. The van der Waals surface area contributed by atoms with E-state index in [1.807, 2.05) is 19.9 Å². The van der Waals surface area contributed by atoms with Crippen molar-refractivity contribution in [3.63, 3.8) is 0 Å². The van der Waals surface area contributed by atoms with E-state index in [9.17, 15) is 4.39 Å². The van der Waals surface area contributed by atoms with Crippen LogP contribution in [0.3, 0.4) is 0 Å². The van der Waals surface area contributed by atoms with Crippen LogP contribution in [0.1, 0.15) is 44.9 Å².